The van der Waals surface area contributed by atoms with Crippen molar-refractivity contribution >= 4 is 27.1 Å². The summed E-state index contributed by atoms with van der Waals surface area (Å²) in [6.45, 7) is 1.60. The molecule has 0 aromatic carbocycles. The molecule has 0 heterocycles. The second-order valence-electron chi connectivity index (χ2n) is 1.25. The first-order valence-corrected chi connectivity index (χ1v) is 8.20. The van der Waals surface area contributed by atoms with Gasteiger partial charge in [-0.1, -0.05) is 6.92 Å². The van der Waals surface area contributed by atoms with E-state index in [9.17, 15) is 4.79 Å². The Balaban J connectivity index is 0. The Labute approximate surface area is 60.5 Å². The summed E-state index contributed by atoms with van der Waals surface area (Å²) in [6, 6.07) is 0. The van der Waals surface area contributed by atoms with E-state index in [0.717, 1.165) is 0 Å². The third-order valence-electron chi connectivity index (χ3n) is 0.302. The van der Waals surface area contributed by atoms with Crippen LogP contribution in [0.25, 0.3) is 0 Å². The Morgan fingerprint density at radius 1 is 1.62 bits per heavy atom. The van der Waals surface area contributed by atoms with Crippen molar-refractivity contribution in [1.29, 1.82) is 0 Å². The molecule has 2 radical (unpaired) electrons. The van der Waals surface area contributed by atoms with Gasteiger partial charge >= 0.3 is 37.0 Å². The van der Waals surface area contributed by atoms with Gasteiger partial charge in [0.2, 0.25) is 0 Å². The first kappa shape index (κ1) is 11.1. The quantitative estimate of drug-likeness (QED) is 0.511. The molecule has 0 aliphatic heterocycles. The van der Waals surface area contributed by atoms with E-state index in [0.29, 0.717) is 0 Å². The van der Waals surface area contributed by atoms with Gasteiger partial charge in [0.25, 0.3) is 0 Å². The molecular weight excluding hydrogens is 94.1 g/mol. The Kier molecular flexibility index (Phi) is 14.3. The number of carboxylic acids is 1. The third-order valence-corrected chi connectivity index (χ3v) is 0.302. The summed E-state index contributed by atoms with van der Waals surface area (Å²) in [5.74, 6) is -0.745. The van der Waals surface area contributed by atoms with Crippen LogP contribution in [-0.4, -0.2) is 32.2 Å². The zero-order valence-electron chi connectivity index (χ0n) is 5.56. The molecule has 0 rings (SSSR count). The molecule has 0 saturated carbocycles. The summed E-state index contributed by atoms with van der Waals surface area (Å²) < 4.78 is 0. The van der Waals surface area contributed by atoms with Crippen LogP contribution in [0.15, 0.2) is 0 Å². The molecule has 2 nitrogen and oxygen atoms in total. The third kappa shape index (κ3) is 33.8. The van der Waals surface area contributed by atoms with Crippen molar-refractivity contribution in [3.8, 4) is 0 Å². The maximum absolute atomic E-state index is 9.37. The van der Waals surface area contributed by atoms with Crippen LogP contribution in [0.4, 0.5) is 0 Å². The molecule has 0 bridgehead atoms. The molecule has 0 saturated heterocycles. The van der Waals surface area contributed by atoms with Crippen LogP contribution in [-0.2, 0) is 4.79 Å². The van der Waals surface area contributed by atoms with Crippen LogP contribution in [0.3, 0.4) is 0 Å². The average Bonchev–Trinajstić information content (AvgIpc) is 1.69. The fraction of sp³-hybridized carbons (Fsp3) is 0.800. The van der Waals surface area contributed by atoms with Gasteiger partial charge in [0.05, 0.1) is 0 Å². The minimum atomic E-state index is -0.745. The topological polar surface area (TPSA) is 37.3 Å². The number of carboxylic acid groups (broad SMARTS) is 1. The Bertz CT molecular complexity index is 54.4. The van der Waals surface area contributed by atoms with Gasteiger partial charge in [-0.2, -0.15) is 0 Å². The van der Waals surface area contributed by atoms with Crippen LogP contribution < -0.4 is 0 Å². The van der Waals surface area contributed by atoms with E-state index in [4.69, 9.17) is 5.11 Å². The summed E-state index contributed by atoms with van der Waals surface area (Å²) in [7, 11) is 0. The van der Waals surface area contributed by atoms with Crippen molar-refractivity contribution in [1.82, 2.24) is 0 Å². The van der Waals surface area contributed by atoms with E-state index in [1.165, 1.54) is 0 Å². The molecule has 0 aliphatic carbocycles. The predicted molar refractivity (Wildman–Crippen MR) is 35.4 cm³/mol. The zero-order valence-corrected chi connectivity index (χ0v) is 8.42. The molecule has 0 aromatic rings. The molecule has 0 amide bonds. The van der Waals surface area contributed by atoms with Crippen molar-refractivity contribution in [2.75, 3.05) is 0 Å². The van der Waals surface area contributed by atoms with Crippen LogP contribution in [0.1, 0.15) is 13.3 Å². The number of carbonyl (C=O) groups is 1. The van der Waals surface area contributed by atoms with Gasteiger partial charge in [-0.15, -0.1) is 0 Å². The number of aliphatic carboxylic acids is 1. The van der Waals surface area contributed by atoms with Gasteiger partial charge in [0, 0.05) is 6.42 Å². The summed E-state index contributed by atoms with van der Waals surface area (Å²) in [6.07, 6.45) is 0.222. The molecule has 1 N–H and O–H groups in total. The van der Waals surface area contributed by atoms with Crippen LogP contribution in [0.5, 0.6) is 0 Å². The van der Waals surface area contributed by atoms with Gasteiger partial charge in [-0.3, -0.25) is 4.79 Å². The normalized spacial score (nSPS) is 6.88. The fourth-order valence-electron chi connectivity index (χ4n) is 0. The summed E-state index contributed by atoms with van der Waals surface area (Å²) in [5.41, 5.74) is 0. The zero-order chi connectivity index (χ0) is 6.99. The van der Waals surface area contributed by atoms with Crippen molar-refractivity contribution in [3.63, 3.8) is 0 Å². The van der Waals surface area contributed by atoms with E-state index < -0.39 is 5.97 Å². The fourth-order valence-corrected chi connectivity index (χ4v) is 0. The van der Waals surface area contributed by atoms with Crippen molar-refractivity contribution in [2.45, 2.75) is 23.2 Å². The molecule has 3 heteroatoms. The molecular formula is C5H12O2Sn. The Hall–Kier alpha value is 0.269. The molecule has 0 aromatic heterocycles. The van der Waals surface area contributed by atoms with E-state index in [2.05, 4.69) is 9.88 Å². The van der Waals surface area contributed by atoms with Gasteiger partial charge < -0.3 is 5.11 Å². The summed E-state index contributed by atoms with van der Waals surface area (Å²) in [4.78, 5) is 14.0. The van der Waals surface area contributed by atoms with Gasteiger partial charge in [0.1, 0.15) is 0 Å². The minimum absolute atomic E-state index is 0.222. The Morgan fingerprint density at radius 2 is 1.75 bits per heavy atom. The Morgan fingerprint density at radius 3 is 1.75 bits per heavy atom. The average molecular weight is 106 g/mol. The van der Waals surface area contributed by atoms with Gasteiger partial charge in [-0.05, 0) is 0 Å². The van der Waals surface area contributed by atoms with E-state index in [1.807, 2.05) is 0 Å². The number of hydrogen-bond donors (Lipinski definition) is 1. The monoisotopic (exact) mass is 106 g/mol. The molecule has 0 fully saturated rings. The van der Waals surface area contributed by atoms with E-state index >= 15 is 0 Å². The molecule has 0 unspecified atom stereocenters. The predicted octanol–water partition coefficient (Wildman–Crippen LogP) is 1.27. The van der Waals surface area contributed by atoms with E-state index in [1.54, 1.807) is 6.92 Å². The van der Waals surface area contributed by atoms with Crippen LogP contribution in [0, 0.1) is 0 Å². The summed E-state index contributed by atoms with van der Waals surface area (Å²) in [5, 5.41) is 7.72. The van der Waals surface area contributed by atoms with Crippen molar-refractivity contribution < 1.29 is 9.90 Å². The molecule has 48 valence electrons. The van der Waals surface area contributed by atoms with Crippen LogP contribution >= 0.6 is 0 Å². The second kappa shape index (κ2) is 10.3. The SMILES string of the molecule is CCC(=O)O.[CH3][2Sn][CH3]. The van der Waals surface area contributed by atoms with Crippen molar-refractivity contribution in [3.05, 3.63) is 0 Å². The first-order chi connectivity index (χ1) is 3.68. The standard InChI is InChI=1S/C3H6O2.2CH3.Sn/c1-2-3(4)5;;;/h2H2,1H3,(H,4,5);2*1H3;/i;;;1+36. The molecule has 0 aliphatic rings. The molecule has 0 atom stereocenters. The summed E-state index contributed by atoms with van der Waals surface area (Å²) >= 11 is 0.230. The van der Waals surface area contributed by atoms with Gasteiger partial charge in [-0.25, -0.2) is 0 Å². The van der Waals surface area contributed by atoms with Gasteiger partial charge in [0.15, 0.2) is 0 Å². The number of hydrogen-bond acceptors (Lipinski definition) is 1. The second-order valence-corrected chi connectivity index (χ2v) is 4.10. The number of rotatable bonds is 1. The van der Waals surface area contributed by atoms with Crippen LogP contribution in [0.2, 0.25) is 9.88 Å². The van der Waals surface area contributed by atoms with E-state index in [-0.39, 0.29) is 27.6 Å². The molecule has 8 heavy (non-hydrogen) atoms. The first-order valence-electron chi connectivity index (χ1n) is 2.49. The van der Waals surface area contributed by atoms with Crippen molar-refractivity contribution in [2.24, 2.45) is 0 Å². The maximum atomic E-state index is 9.37. The molecule has 0 spiro atoms.